The minimum absolute atomic E-state index is 0.0335. The Labute approximate surface area is 109 Å². The van der Waals surface area contributed by atoms with Crippen molar-refractivity contribution in [3.63, 3.8) is 0 Å². The lowest BCUT2D eigenvalue weighted by molar-refractivity contribution is -0.137. The third-order valence-electron chi connectivity index (χ3n) is 2.41. The molecule has 0 radical (unpaired) electrons. The van der Waals surface area contributed by atoms with Gasteiger partial charge in [-0.2, -0.15) is 5.10 Å². The van der Waals surface area contributed by atoms with Crippen LogP contribution in [0.4, 0.5) is 0 Å². The van der Waals surface area contributed by atoms with Gasteiger partial charge in [0, 0.05) is 11.4 Å². The molecule has 1 aromatic heterocycles. The van der Waals surface area contributed by atoms with Crippen molar-refractivity contribution in [1.82, 2.24) is 14.8 Å². The summed E-state index contributed by atoms with van der Waals surface area (Å²) in [5.74, 6) is 0.404. The molecule has 0 bridgehead atoms. The van der Waals surface area contributed by atoms with Gasteiger partial charge in [0.2, 0.25) is 0 Å². The van der Waals surface area contributed by atoms with E-state index < -0.39 is 5.97 Å². The lowest BCUT2D eigenvalue weighted by Gasteiger charge is -2.04. The van der Waals surface area contributed by atoms with E-state index in [4.69, 9.17) is 16.7 Å². The minimum atomic E-state index is -0.849. The summed E-state index contributed by atoms with van der Waals surface area (Å²) in [5.41, 5.74) is 0.820. The summed E-state index contributed by atoms with van der Waals surface area (Å²) in [5, 5.41) is 13.6. The second-order valence-electron chi connectivity index (χ2n) is 3.86. The summed E-state index contributed by atoms with van der Waals surface area (Å²) in [4.78, 5) is 14.8. The number of hydrogen-bond donors (Lipinski definition) is 1. The Morgan fingerprint density at radius 2 is 2.06 bits per heavy atom. The second kappa shape index (κ2) is 5.18. The molecule has 0 amide bonds. The first-order valence-electron chi connectivity index (χ1n) is 5.46. The summed E-state index contributed by atoms with van der Waals surface area (Å²) in [7, 11) is 0. The average Bonchev–Trinajstić information content (AvgIpc) is 2.69. The van der Waals surface area contributed by atoms with Crippen molar-refractivity contribution >= 4 is 17.6 Å². The normalized spacial score (nSPS) is 10.6. The molecule has 94 valence electrons. The molecule has 5 nitrogen and oxygen atoms in total. The topological polar surface area (TPSA) is 68.0 Å². The van der Waals surface area contributed by atoms with Gasteiger partial charge in [0.15, 0.2) is 0 Å². The van der Waals surface area contributed by atoms with Crippen LogP contribution in [0.5, 0.6) is 0 Å². The summed E-state index contributed by atoms with van der Waals surface area (Å²) in [6, 6.07) is 7.16. The van der Waals surface area contributed by atoms with E-state index in [0.29, 0.717) is 23.1 Å². The van der Waals surface area contributed by atoms with E-state index in [1.165, 1.54) is 0 Å². The van der Waals surface area contributed by atoms with Crippen LogP contribution < -0.4 is 0 Å². The van der Waals surface area contributed by atoms with Crippen molar-refractivity contribution in [3.05, 3.63) is 40.9 Å². The molecule has 0 aliphatic carbocycles. The number of hydrogen-bond acceptors (Lipinski definition) is 3. The Bertz CT molecular complexity index is 563. The maximum Gasteiger partial charge on any atom is 0.303 e. The zero-order chi connectivity index (χ0) is 13.1. The number of aryl methyl sites for hydroxylation is 2. The number of halogens is 1. The van der Waals surface area contributed by atoms with Gasteiger partial charge in [-0.05, 0) is 31.2 Å². The Morgan fingerprint density at radius 3 is 2.67 bits per heavy atom. The quantitative estimate of drug-likeness (QED) is 0.921. The van der Waals surface area contributed by atoms with E-state index in [1.54, 1.807) is 23.7 Å². The molecule has 0 unspecified atom stereocenters. The van der Waals surface area contributed by atoms with Gasteiger partial charge in [0.05, 0.1) is 12.1 Å². The van der Waals surface area contributed by atoms with Crippen molar-refractivity contribution in [2.75, 3.05) is 0 Å². The van der Waals surface area contributed by atoms with E-state index in [-0.39, 0.29) is 6.42 Å². The van der Waals surface area contributed by atoms with Gasteiger partial charge < -0.3 is 5.11 Å². The van der Waals surface area contributed by atoms with Gasteiger partial charge in [-0.25, -0.2) is 9.67 Å². The molecule has 18 heavy (non-hydrogen) atoms. The van der Waals surface area contributed by atoms with Crippen LogP contribution in [-0.4, -0.2) is 25.8 Å². The summed E-state index contributed by atoms with van der Waals surface area (Å²) in [6.45, 7) is 1.77. The number of aliphatic carboxylic acids is 1. The summed E-state index contributed by atoms with van der Waals surface area (Å²) in [6.07, 6.45) is 0.379. The fraction of sp³-hybridized carbons (Fsp3) is 0.250. The van der Waals surface area contributed by atoms with Gasteiger partial charge in [0.25, 0.3) is 0 Å². The van der Waals surface area contributed by atoms with Crippen LogP contribution >= 0.6 is 11.6 Å². The first kappa shape index (κ1) is 12.6. The molecular formula is C12H12ClN3O2. The number of nitrogens with zero attached hydrogens (tertiary/aromatic N) is 3. The van der Waals surface area contributed by atoms with Gasteiger partial charge in [-0.15, -0.1) is 0 Å². The molecule has 1 heterocycles. The van der Waals surface area contributed by atoms with Gasteiger partial charge in [-0.1, -0.05) is 11.6 Å². The molecule has 1 N–H and O–H groups in total. The van der Waals surface area contributed by atoms with Crippen LogP contribution in [0.1, 0.15) is 18.1 Å². The molecule has 2 rings (SSSR count). The number of aromatic nitrogens is 3. The molecule has 6 heteroatoms. The highest BCUT2D eigenvalue weighted by molar-refractivity contribution is 6.30. The van der Waals surface area contributed by atoms with Crippen LogP contribution in [-0.2, 0) is 11.2 Å². The molecule has 0 saturated heterocycles. The molecule has 2 aromatic rings. The van der Waals surface area contributed by atoms with E-state index in [2.05, 4.69) is 10.1 Å². The molecule has 1 aromatic carbocycles. The molecule has 0 fully saturated rings. The highest BCUT2D eigenvalue weighted by Crippen LogP contribution is 2.15. The average molecular weight is 266 g/mol. The Hall–Kier alpha value is -1.88. The Morgan fingerprint density at radius 1 is 1.39 bits per heavy atom. The predicted octanol–water partition coefficient (Wildman–Crippen LogP) is 2.25. The van der Waals surface area contributed by atoms with Gasteiger partial charge in [0.1, 0.15) is 11.6 Å². The van der Waals surface area contributed by atoms with Crippen LogP contribution in [0.15, 0.2) is 24.3 Å². The van der Waals surface area contributed by atoms with E-state index >= 15 is 0 Å². The zero-order valence-electron chi connectivity index (χ0n) is 9.80. The lowest BCUT2D eigenvalue weighted by atomic mass is 10.3. The van der Waals surface area contributed by atoms with E-state index in [9.17, 15) is 4.79 Å². The smallest absolute Gasteiger partial charge is 0.303 e. The predicted molar refractivity (Wildman–Crippen MR) is 67.1 cm³/mol. The molecule has 0 aliphatic heterocycles. The van der Waals surface area contributed by atoms with Crippen LogP contribution in [0.25, 0.3) is 5.69 Å². The fourth-order valence-corrected chi connectivity index (χ4v) is 1.75. The Balaban J connectivity index is 2.31. The largest absolute Gasteiger partial charge is 0.481 e. The number of benzene rings is 1. The Kier molecular flexibility index (Phi) is 3.62. The minimum Gasteiger partial charge on any atom is -0.481 e. The van der Waals surface area contributed by atoms with Crippen molar-refractivity contribution in [2.24, 2.45) is 0 Å². The maximum absolute atomic E-state index is 10.6. The van der Waals surface area contributed by atoms with Gasteiger partial charge in [-0.3, -0.25) is 4.79 Å². The van der Waals surface area contributed by atoms with Gasteiger partial charge >= 0.3 is 5.97 Å². The van der Waals surface area contributed by atoms with Crippen molar-refractivity contribution in [2.45, 2.75) is 19.8 Å². The third kappa shape index (κ3) is 2.87. The van der Waals surface area contributed by atoms with E-state index in [0.717, 1.165) is 5.69 Å². The summed E-state index contributed by atoms with van der Waals surface area (Å²) < 4.78 is 1.65. The molecule has 0 aliphatic rings. The lowest BCUT2D eigenvalue weighted by Crippen LogP contribution is -2.06. The zero-order valence-corrected chi connectivity index (χ0v) is 10.6. The van der Waals surface area contributed by atoms with Crippen LogP contribution in [0, 0.1) is 6.92 Å². The maximum atomic E-state index is 10.6. The standard InChI is InChI=1S/C12H12ClN3O2/c1-8-14-11(6-7-12(17)18)16(15-8)10-4-2-9(13)3-5-10/h2-5H,6-7H2,1H3,(H,17,18). The molecule has 0 spiro atoms. The van der Waals surface area contributed by atoms with Crippen LogP contribution in [0.2, 0.25) is 5.02 Å². The monoisotopic (exact) mass is 265 g/mol. The first-order chi connectivity index (χ1) is 8.56. The number of carboxylic acids is 1. The second-order valence-corrected chi connectivity index (χ2v) is 4.29. The SMILES string of the molecule is Cc1nc(CCC(=O)O)n(-c2ccc(Cl)cc2)n1. The van der Waals surface area contributed by atoms with Crippen molar-refractivity contribution < 1.29 is 9.90 Å². The highest BCUT2D eigenvalue weighted by atomic mass is 35.5. The highest BCUT2D eigenvalue weighted by Gasteiger charge is 2.10. The van der Waals surface area contributed by atoms with E-state index in [1.807, 2.05) is 12.1 Å². The number of carboxylic acid groups (broad SMARTS) is 1. The third-order valence-corrected chi connectivity index (χ3v) is 2.67. The number of rotatable bonds is 4. The summed E-state index contributed by atoms with van der Waals surface area (Å²) >= 11 is 5.82. The number of carbonyl (C=O) groups is 1. The van der Waals surface area contributed by atoms with Crippen LogP contribution in [0.3, 0.4) is 0 Å². The molecular weight excluding hydrogens is 254 g/mol. The first-order valence-corrected chi connectivity index (χ1v) is 5.84. The van der Waals surface area contributed by atoms with Crippen molar-refractivity contribution in [3.8, 4) is 5.69 Å². The van der Waals surface area contributed by atoms with Crippen molar-refractivity contribution in [1.29, 1.82) is 0 Å². The fourth-order valence-electron chi connectivity index (χ4n) is 1.63. The molecule has 0 atom stereocenters. The molecule has 0 saturated carbocycles.